The van der Waals surface area contributed by atoms with Gasteiger partial charge in [0.15, 0.2) is 5.13 Å². The summed E-state index contributed by atoms with van der Waals surface area (Å²) in [4.78, 5) is 20.2. The number of nitrogens with zero attached hydrogens (tertiary/aromatic N) is 2. The van der Waals surface area contributed by atoms with Gasteiger partial charge in [-0.25, -0.2) is 18.2 Å². The van der Waals surface area contributed by atoms with Crippen LogP contribution in [0.1, 0.15) is 29.0 Å². The molecule has 0 radical (unpaired) electrons. The summed E-state index contributed by atoms with van der Waals surface area (Å²) in [6.07, 6.45) is 2.56. The Morgan fingerprint density at radius 3 is 1.98 bits per heavy atom. The van der Waals surface area contributed by atoms with Crippen LogP contribution < -0.4 is 10.0 Å². The molecule has 1 aromatic heterocycles. The fourth-order valence-electron chi connectivity index (χ4n) is 5.02. The van der Waals surface area contributed by atoms with Gasteiger partial charge in [0.2, 0.25) is 10.0 Å². The Kier molecular flexibility index (Phi) is 10.3. The van der Waals surface area contributed by atoms with Gasteiger partial charge in [0.05, 0.1) is 6.26 Å². The second-order valence-electron chi connectivity index (χ2n) is 10.4. The van der Waals surface area contributed by atoms with E-state index in [9.17, 15) is 13.2 Å². The van der Waals surface area contributed by atoms with E-state index in [0.29, 0.717) is 45.9 Å². The second kappa shape index (κ2) is 14.5. The first-order chi connectivity index (χ1) is 21.2. The zero-order valence-electron chi connectivity index (χ0n) is 24.2. The lowest BCUT2D eigenvalue weighted by atomic mass is 9.88. The van der Waals surface area contributed by atoms with Crippen molar-refractivity contribution in [3.05, 3.63) is 136 Å². The smallest absolute Gasteiger partial charge is 0.323 e. The first-order valence-electron chi connectivity index (χ1n) is 14.2. The van der Waals surface area contributed by atoms with Gasteiger partial charge in [-0.15, -0.1) is 0 Å². The molecule has 4 aromatic carbocycles. The molecule has 226 valence electrons. The van der Waals surface area contributed by atoms with Crippen molar-refractivity contribution in [2.24, 2.45) is 0 Å². The maximum absolute atomic E-state index is 13.7. The van der Waals surface area contributed by atoms with Gasteiger partial charge >= 0.3 is 6.03 Å². The lowest BCUT2D eigenvalue weighted by molar-refractivity contribution is 0.210. The van der Waals surface area contributed by atoms with Crippen molar-refractivity contribution in [1.82, 2.24) is 9.88 Å². The first kappa shape index (κ1) is 31.3. The maximum atomic E-state index is 13.7. The molecule has 10 heteroatoms. The highest BCUT2D eigenvalue weighted by molar-refractivity contribution is 7.92. The van der Waals surface area contributed by atoms with E-state index in [1.807, 2.05) is 59.5 Å². The van der Waals surface area contributed by atoms with E-state index in [2.05, 4.69) is 51.4 Å². The highest BCUT2D eigenvalue weighted by atomic mass is 35.5. The van der Waals surface area contributed by atoms with Crippen LogP contribution in [0.15, 0.2) is 115 Å². The topological polar surface area (TPSA) is 91.4 Å². The second-order valence-corrected chi connectivity index (χ2v) is 13.8. The normalized spacial score (nSPS) is 11.3. The Bertz CT molecular complexity index is 1730. The van der Waals surface area contributed by atoms with Crippen molar-refractivity contribution in [2.45, 2.75) is 18.8 Å². The van der Waals surface area contributed by atoms with Crippen LogP contribution in [0.4, 0.5) is 15.6 Å². The zero-order chi connectivity index (χ0) is 30.9. The minimum atomic E-state index is -3.39. The SMILES string of the molecule is CS(=O)(=O)Nc1ccc(-c2nc(NC(=O)N(CCc3ccccc3)CCC(c3ccccc3)c3ccccc3)sc2Cl)cc1. The van der Waals surface area contributed by atoms with Crippen LogP contribution in [-0.2, 0) is 16.4 Å². The standard InChI is InChI=1S/C34H33ClN4O3S2/c1-44(41,42)38-29-19-17-28(18-20-29)31-32(35)43-33(36-31)37-34(40)39(23-21-25-11-5-2-6-12-25)24-22-30(26-13-7-3-8-14-26)27-15-9-4-10-16-27/h2-20,30,38H,21-24H2,1H3,(H,36,37,40). The van der Waals surface area contributed by atoms with E-state index >= 15 is 0 Å². The van der Waals surface area contributed by atoms with Gasteiger partial charge in [-0.2, -0.15) is 0 Å². The van der Waals surface area contributed by atoms with E-state index in [0.717, 1.165) is 18.2 Å². The quantitative estimate of drug-likeness (QED) is 0.143. The van der Waals surface area contributed by atoms with Crippen LogP contribution in [0, 0.1) is 0 Å². The largest absolute Gasteiger partial charge is 0.324 e. The number of nitrogens with one attached hydrogen (secondary N) is 2. The number of sulfonamides is 1. The van der Waals surface area contributed by atoms with Crippen molar-refractivity contribution in [3.63, 3.8) is 0 Å². The van der Waals surface area contributed by atoms with Gasteiger partial charge < -0.3 is 4.90 Å². The molecule has 0 bridgehead atoms. The fraction of sp³-hybridized carbons (Fsp3) is 0.176. The molecular formula is C34H33ClN4O3S2. The summed E-state index contributed by atoms with van der Waals surface area (Å²) in [5.74, 6) is 0.130. The molecule has 0 aliphatic heterocycles. The highest BCUT2D eigenvalue weighted by Gasteiger charge is 2.21. The molecule has 1 heterocycles. The third-order valence-corrected chi connectivity index (χ3v) is 8.93. The minimum absolute atomic E-state index is 0.130. The number of aromatic nitrogens is 1. The van der Waals surface area contributed by atoms with E-state index in [1.165, 1.54) is 22.5 Å². The lowest BCUT2D eigenvalue weighted by Crippen LogP contribution is -2.38. The van der Waals surface area contributed by atoms with Crippen molar-refractivity contribution < 1.29 is 13.2 Å². The Morgan fingerprint density at radius 2 is 1.41 bits per heavy atom. The lowest BCUT2D eigenvalue weighted by Gasteiger charge is -2.26. The Hall–Kier alpha value is -4.18. The van der Waals surface area contributed by atoms with Crippen molar-refractivity contribution in [3.8, 4) is 11.3 Å². The number of hydrogen-bond donors (Lipinski definition) is 2. The molecule has 2 N–H and O–H groups in total. The third kappa shape index (κ3) is 8.69. The maximum Gasteiger partial charge on any atom is 0.323 e. The summed E-state index contributed by atoms with van der Waals surface area (Å²) in [6, 6.07) is 37.4. The van der Waals surface area contributed by atoms with Crippen LogP contribution in [0.25, 0.3) is 11.3 Å². The van der Waals surface area contributed by atoms with Gasteiger partial charge in [0, 0.05) is 30.3 Å². The molecule has 44 heavy (non-hydrogen) atoms. The zero-order valence-corrected chi connectivity index (χ0v) is 26.6. The monoisotopic (exact) mass is 644 g/mol. The average Bonchev–Trinajstić information content (AvgIpc) is 3.39. The minimum Gasteiger partial charge on any atom is -0.324 e. The van der Waals surface area contributed by atoms with Crippen molar-refractivity contribution in [1.29, 1.82) is 0 Å². The molecule has 0 saturated heterocycles. The predicted molar refractivity (Wildman–Crippen MR) is 181 cm³/mol. The van der Waals surface area contributed by atoms with Crippen LogP contribution in [0.3, 0.4) is 0 Å². The van der Waals surface area contributed by atoms with Crippen LogP contribution in [0.2, 0.25) is 4.34 Å². The summed E-state index contributed by atoms with van der Waals surface area (Å²) in [6.45, 7) is 1.07. The van der Waals surface area contributed by atoms with E-state index in [4.69, 9.17) is 11.6 Å². The number of anilines is 2. The van der Waals surface area contributed by atoms with Gasteiger partial charge in [-0.3, -0.25) is 10.0 Å². The van der Waals surface area contributed by atoms with Crippen molar-refractivity contribution in [2.75, 3.05) is 29.4 Å². The first-order valence-corrected chi connectivity index (χ1v) is 17.3. The number of carbonyl (C=O) groups is 1. The molecule has 2 amide bonds. The van der Waals surface area contributed by atoms with E-state index in [1.54, 1.807) is 24.3 Å². The highest BCUT2D eigenvalue weighted by Crippen LogP contribution is 2.36. The molecular weight excluding hydrogens is 612 g/mol. The van der Waals surface area contributed by atoms with Crippen molar-refractivity contribution >= 4 is 49.8 Å². The number of urea groups is 1. The van der Waals surface area contributed by atoms with E-state index in [-0.39, 0.29) is 11.9 Å². The number of thiazole rings is 1. The number of amides is 2. The van der Waals surface area contributed by atoms with E-state index < -0.39 is 10.0 Å². The molecule has 0 aliphatic rings. The summed E-state index contributed by atoms with van der Waals surface area (Å²) in [7, 11) is -3.39. The van der Waals surface area contributed by atoms with Crippen LogP contribution in [-0.4, -0.2) is 43.7 Å². The van der Waals surface area contributed by atoms with Gasteiger partial charge in [-0.1, -0.05) is 126 Å². The van der Waals surface area contributed by atoms with Crippen LogP contribution in [0.5, 0.6) is 0 Å². The molecule has 5 rings (SSSR count). The Morgan fingerprint density at radius 1 is 0.841 bits per heavy atom. The molecule has 5 aromatic rings. The van der Waals surface area contributed by atoms with Gasteiger partial charge in [0.1, 0.15) is 10.0 Å². The van der Waals surface area contributed by atoms with Gasteiger partial charge in [0.25, 0.3) is 0 Å². The summed E-state index contributed by atoms with van der Waals surface area (Å²) < 4.78 is 25.9. The molecule has 0 atom stereocenters. The number of halogens is 1. The number of benzene rings is 4. The Labute approximate surface area is 267 Å². The molecule has 0 spiro atoms. The summed E-state index contributed by atoms with van der Waals surface area (Å²) in [5, 5.41) is 3.36. The van der Waals surface area contributed by atoms with Crippen LogP contribution >= 0.6 is 22.9 Å². The molecule has 0 unspecified atom stereocenters. The third-order valence-electron chi connectivity index (χ3n) is 7.15. The number of carbonyl (C=O) groups excluding carboxylic acids is 1. The molecule has 7 nitrogen and oxygen atoms in total. The molecule has 0 fully saturated rings. The number of hydrogen-bond acceptors (Lipinski definition) is 5. The Balaban J connectivity index is 1.33. The summed E-state index contributed by atoms with van der Waals surface area (Å²) >= 11 is 7.73. The summed E-state index contributed by atoms with van der Waals surface area (Å²) in [5.41, 5.74) is 5.23. The molecule has 0 saturated carbocycles. The van der Waals surface area contributed by atoms with Gasteiger partial charge in [-0.05, 0) is 41.7 Å². The molecule has 0 aliphatic carbocycles. The average molecular weight is 645 g/mol. The fourth-order valence-corrected chi connectivity index (χ4v) is 6.66. The number of rotatable bonds is 12. The predicted octanol–water partition coefficient (Wildman–Crippen LogP) is 8.13.